The first kappa shape index (κ1) is 19.7. The average Bonchev–Trinajstić information content (AvgIpc) is 3.40. The molecule has 7 nitrogen and oxygen atoms in total. The molecular formula is C23H24N6OS. The highest BCUT2D eigenvalue weighted by Gasteiger charge is 2.28. The van der Waals surface area contributed by atoms with Crippen molar-refractivity contribution in [1.29, 1.82) is 0 Å². The summed E-state index contributed by atoms with van der Waals surface area (Å²) in [4.78, 5) is 31.1. The number of aromatic nitrogens is 4. The highest BCUT2D eigenvalue weighted by atomic mass is 32.1. The summed E-state index contributed by atoms with van der Waals surface area (Å²) in [5, 5.41) is 4.36. The number of thiazole rings is 1. The maximum atomic E-state index is 12.5. The number of rotatable bonds is 3. The molecule has 1 aliphatic rings. The van der Waals surface area contributed by atoms with E-state index >= 15 is 0 Å². The zero-order valence-corrected chi connectivity index (χ0v) is 18.6. The Morgan fingerprint density at radius 2 is 2.06 bits per heavy atom. The minimum atomic E-state index is -0.356. The second kappa shape index (κ2) is 7.46. The highest BCUT2D eigenvalue weighted by Crippen LogP contribution is 2.31. The van der Waals surface area contributed by atoms with Crippen molar-refractivity contribution in [2.24, 2.45) is 5.41 Å². The first-order valence-electron chi connectivity index (χ1n) is 10.3. The van der Waals surface area contributed by atoms with Crippen LogP contribution in [0.3, 0.4) is 0 Å². The second-order valence-corrected chi connectivity index (χ2v) is 9.69. The van der Waals surface area contributed by atoms with E-state index in [0.717, 1.165) is 51.4 Å². The molecule has 31 heavy (non-hydrogen) atoms. The minimum Gasteiger partial charge on any atom is -0.340 e. The number of aromatic amines is 1. The van der Waals surface area contributed by atoms with E-state index in [1.165, 1.54) is 5.57 Å². The monoisotopic (exact) mass is 432 g/mol. The largest absolute Gasteiger partial charge is 0.340 e. The van der Waals surface area contributed by atoms with Gasteiger partial charge in [-0.2, -0.15) is 0 Å². The lowest BCUT2D eigenvalue weighted by Gasteiger charge is -2.31. The number of hydrogen-bond donors (Lipinski definition) is 2. The Labute approximate surface area is 184 Å². The SMILES string of the molecule is CC(C)(C)C(=O)N1CC=C(c2cc3c(Nc4ccc5ncsc5c4)ncnc3[nH]2)CC1. The molecule has 0 radical (unpaired) electrons. The smallest absolute Gasteiger partial charge is 0.228 e. The molecule has 8 heteroatoms. The number of nitrogens with zero attached hydrogens (tertiary/aromatic N) is 4. The van der Waals surface area contributed by atoms with Crippen molar-refractivity contribution < 1.29 is 4.79 Å². The Hall–Kier alpha value is -3.26. The van der Waals surface area contributed by atoms with Gasteiger partial charge in [0.05, 0.1) is 21.1 Å². The van der Waals surface area contributed by atoms with Crippen molar-refractivity contribution in [1.82, 2.24) is 24.8 Å². The minimum absolute atomic E-state index is 0.190. The summed E-state index contributed by atoms with van der Waals surface area (Å²) in [5.74, 6) is 0.951. The molecule has 0 aliphatic carbocycles. The average molecular weight is 433 g/mol. The Kier molecular flexibility index (Phi) is 4.74. The molecule has 0 fully saturated rings. The Morgan fingerprint density at radius 3 is 2.84 bits per heavy atom. The van der Waals surface area contributed by atoms with Crippen LogP contribution in [0, 0.1) is 5.41 Å². The summed E-state index contributed by atoms with van der Waals surface area (Å²) in [6.07, 6.45) is 4.51. The van der Waals surface area contributed by atoms with Gasteiger partial charge >= 0.3 is 0 Å². The summed E-state index contributed by atoms with van der Waals surface area (Å²) in [7, 11) is 0. The van der Waals surface area contributed by atoms with Gasteiger partial charge in [-0.1, -0.05) is 26.8 Å². The van der Waals surface area contributed by atoms with Crippen LogP contribution in [-0.2, 0) is 4.79 Å². The third-order valence-electron chi connectivity index (χ3n) is 5.50. The van der Waals surface area contributed by atoms with Crippen LogP contribution in [0.5, 0.6) is 0 Å². The van der Waals surface area contributed by atoms with E-state index in [0.29, 0.717) is 6.54 Å². The summed E-state index contributed by atoms with van der Waals surface area (Å²) >= 11 is 1.62. The molecule has 0 atom stereocenters. The van der Waals surface area contributed by atoms with Crippen molar-refractivity contribution in [3.63, 3.8) is 0 Å². The van der Waals surface area contributed by atoms with Gasteiger partial charge in [0.1, 0.15) is 17.8 Å². The van der Waals surface area contributed by atoms with Crippen molar-refractivity contribution >= 4 is 55.6 Å². The quantitative estimate of drug-likeness (QED) is 0.477. The van der Waals surface area contributed by atoms with E-state index in [1.807, 2.05) is 43.3 Å². The Bertz CT molecular complexity index is 1310. The molecule has 0 saturated heterocycles. The van der Waals surface area contributed by atoms with Crippen LogP contribution in [-0.4, -0.2) is 43.8 Å². The predicted octanol–water partition coefficient (Wildman–Crippen LogP) is 4.97. The van der Waals surface area contributed by atoms with Gasteiger partial charge in [0.25, 0.3) is 0 Å². The fraction of sp³-hybridized carbons (Fsp3) is 0.304. The van der Waals surface area contributed by atoms with Crippen LogP contribution < -0.4 is 5.32 Å². The van der Waals surface area contributed by atoms with E-state index in [-0.39, 0.29) is 11.3 Å². The lowest BCUT2D eigenvalue weighted by Crippen LogP contribution is -2.41. The van der Waals surface area contributed by atoms with E-state index in [1.54, 1.807) is 17.7 Å². The lowest BCUT2D eigenvalue weighted by molar-refractivity contribution is -0.139. The lowest BCUT2D eigenvalue weighted by atomic mass is 9.93. The van der Waals surface area contributed by atoms with Gasteiger partial charge in [-0.05, 0) is 36.3 Å². The highest BCUT2D eigenvalue weighted by molar-refractivity contribution is 7.16. The predicted molar refractivity (Wildman–Crippen MR) is 125 cm³/mol. The Morgan fingerprint density at radius 1 is 1.19 bits per heavy atom. The van der Waals surface area contributed by atoms with Gasteiger partial charge in [0, 0.05) is 29.9 Å². The molecule has 1 aliphatic heterocycles. The van der Waals surface area contributed by atoms with Gasteiger partial charge in [-0.25, -0.2) is 15.0 Å². The van der Waals surface area contributed by atoms with Crippen LogP contribution >= 0.6 is 11.3 Å². The van der Waals surface area contributed by atoms with Crippen LogP contribution in [0.4, 0.5) is 11.5 Å². The fourth-order valence-electron chi connectivity index (χ4n) is 3.85. The van der Waals surface area contributed by atoms with Crippen molar-refractivity contribution in [2.75, 3.05) is 18.4 Å². The number of hydrogen-bond acceptors (Lipinski definition) is 6. The second-order valence-electron chi connectivity index (χ2n) is 8.81. The summed E-state index contributed by atoms with van der Waals surface area (Å²) in [5.41, 5.74) is 6.48. The number of anilines is 2. The van der Waals surface area contributed by atoms with Gasteiger partial charge in [0.2, 0.25) is 5.91 Å². The molecular weight excluding hydrogens is 408 g/mol. The number of carbonyl (C=O) groups excluding carboxylic acids is 1. The third-order valence-corrected chi connectivity index (χ3v) is 6.30. The third kappa shape index (κ3) is 3.79. The van der Waals surface area contributed by atoms with Crippen LogP contribution in [0.1, 0.15) is 32.9 Å². The number of carbonyl (C=O) groups is 1. The first-order chi connectivity index (χ1) is 14.9. The zero-order chi connectivity index (χ0) is 21.6. The number of nitrogens with one attached hydrogen (secondary N) is 2. The maximum Gasteiger partial charge on any atom is 0.228 e. The Balaban J connectivity index is 1.41. The van der Waals surface area contributed by atoms with Gasteiger partial charge in [-0.15, -0.1) is 11.3 Å². The molecule has 0 saturated carbocycles. The molecule has 4 heterocycles. The number of benzene rings is 1. The molecule has 2 N–H and O–H groups in total. The summed E-state index contributed by atoms with van der Waals surface area (Å²) in [6.45, 7) is 7.25. The van der Waals surface area contributed by atoms with E-state index in [4.69, 9.17) is 0 Å². The van der Waals surface area contributed by atoms with Crippen LogP contribution in [0.25, 0.3) is 26.8 Å². The van der Waals surface area contributed by atoms with Crippen molar-refractivity contribution in [3.05, 3.63) is 47.9 Å². The zero-order valence-electron chi connectivity index (χ0n) is 17.8. The summed E-state index contributed by atoms with van der Waals surface area (Å²) in [6, 6.07) is 8.19. The normalized spacial score (nSPS) is 14.8. The van der Waals surface area contributed by atoms with E-state index < -0.39 is 0 Å². The molecule has 5 rings (SSSR count). The number of H-pyrrole nitrogens is 1. The summed E-state index contributed by atoms with van der Waals surface area (Å²) < 4.78 is 1.13. The van der Waals surface area contributed by atoms with Crippen molar-refractivity contribution in [2.45, 2.75) is 27.2 Å². The van der Waals surface area contributed by atoms with Crippen LogP contribution in [0.15, 0.2) is 42.2 Å². The van der Waals surface area contributed by atoms with Gasteiger partial charge in [-0.3, -0.25) is 4.79 Å². The van der Waals surface area contributed by atoms with Gasteiger partial charge < -0.3 is 15.2 Å². The molecule has 0 spiro atoms. The maximum absolute atomic E-state index is 12.5. The standard InChI is InChI=1S/C23H24N6OS/c1-23(2,3)22(30)29-8-6-14(7-9-29)18-11-16-20(24-12-25-21(16)28-18)27-15-4-5-17-19(10-15)31-13-26-17/h4-6,10-13H,7-9H2,1-3H3,(H2,24,25,27,28). The van der Waals surface area contributed by atoms with Crippen LogP contribution in [0.2, 0.25) is 0 Å². The first-order valence-corrected chi connectivity index (χ1v) is 11.2. The topological polar surface area (TPSA) is 86.8 Å². The molecule has 4 aromatic rings. The molecule has 1 aromatic carbocycles. The van der Waals surface area contributed by atoms with Crippen molar-refractivity contribution in [3.8, 4) is 0 Å². The molecule has 0 bridgehead atoms. The van der Waals surface area contributed by atoms with E-state index in [2.05, 4.69) is 43.5 Å². The molecule has 158 valence electrons. The number of fused-ring (bicyclic) bond motifs is 2. The molecule has 1 amide bonds. The molecule has 3 aromatic heterocycles. The fourth-order valence-corrected chi connectivity index (χ4v) is 4.57. The van der Waals surface area contributed by atoms with E-state index in [9.17, 15) is 4.79 Å². The number of amides is 1. The van der Waals surface area contributed by atoms with Gasteiger partial charge in [0.15, 0.2) is 0 Å². The molecule has 0 unspecified atom stereocenters.